The SMILES string of the molecule is Cc1cc(Cl)c(OCCCNCCO)c(Br)c1.O=C(O)C(=O)O. The van der Waals surface area contributed by atoms with Crippen molar-refractivity contribution in [3.8, 4) is 5.75 Å². The van der Waals surface area contributed by atoms with Crippen molar-refractivity contribution < 1.29 is 29.6 Å². The number of rotatable bonds is 7. The van der Waals surface area contributed by atoms with Crippen LogP contribution in [-0.2, 0) is 9.59 Å². The molecule has 130 valence electrons. The van der Waals surface area contributed by atoms with Crippen LogP contribution in [0, 0.1) is 6.92 Å². The van der Waals surface area contributed by atoms with Gasteiger partial charge in [-0.25, -0.2) is 9.59 Å². The average Bonchev–Trinajstić information content (AvgIpc) is 2.45. The molecule has 9 heteroatoms. The van der Waals surface area contributed by atoms with E-state index in [1.54, 1.807) is 0 Å². The fourth-order valence-electron chi connectivity index (χ4n) is 1.40. The van der Waals surface area contributed by atoms with Crippen molar-refractivity contribution in [2.75, 3.05) is 26.3 Å². The molecule has 0 unspecified atom stereocenters. The molecule has 1 aromatic rings. The van der Waals surface area contributed by atoms with Crippen molar-refractivity contribution >= 4 is 39.5 Å². The van der Waals surface area contributed by atoms with Gasteiger partial charge in [0.05, 0.1) is 22.7 Å². The maximum absolute atomic E-state index is 9.10. The fourth-order valence-corrected chi connectivity index (χ4v) is 2.53. The van der Waals surface area contributed by atoms with Gasteiger partial charge in [-0.1, -0.05) is 11.6 Å². The second-order valence-corrected chi connectivity index (χ2v) is 5.61. The summed E-state index contributed by atoms with van der Waals surface area (Å²) in [5.74, 6) is -2.95. The second-order valence-electron chi connectivity index (χ2n) is 4.34. The number of aryl methyl sites for hydroxylation is 1. The van der Waals surface area contributed by atoms with Gasteiger partial charge in [0.25, 0.3) is 0 Å². The molecule has 23 heavy (non-hydrogen) atoms. The first-order valence-corrected chi connectivity index (χ1v) is 7.83. The molecular formula is C14H19BrClNO6. The standard InChI is InChI=1S/C12H17BrClNO2.C2H2O4/c1-9-7-10(13)12(11(14)8-9)17-6-2-3-15-4-5-16;3-1(4)2(5)6/h7-8,15-16H,2-6H2,1H3;(H,3,4)(H,5,6). The van der Waals surface area contributed by atoms with Crippen LogP contribution in [0.5, 0.6) is 5.75 Å². The van der Waals surface area contributed by atoms with Gasteiger partial charge in [-0.15, -0.1) is 0 Å². The number of aliphatic hydroxyl groups excluding tert-OH is 1. The van der Waals surface area contributed by atoms with E-state index in [2.05, 4.69) is 21.2 Å². The van der Waals surface area contributed by atoms with E-state index in [4.69, 9.17) is 41.2 Å². The third-order valence-corrected chi connectivity index (χ3v) is 3.23. The largest absolute Gasteiger partial charge is 0.491 e. The molecule has 0 heterocycles. The third kappa shape index (κ3) is 10.1. The molecule has 0 bridgehead atoms. The number of hydrogen-bond acceptors (Lipinski definition) is 5. The predicted octanol–water partition coefficient (Wildman–Crippen LogP) is 1.92. The highest BCUT2D eigenvalue weighted by atomic mass is 79.9. The number of carbonyl (C=O) groups is 2. The van der Waals surface area contributed by atoms with Crippen LogP contribution < -0.4 is 10.1 Å². The lowest BCUT2D eigenvalue weighted by molar-refractivity contribution is -0.159. The van der Waals surface area contributed by atoms with Gasteiger partial charge in [0.2, 0.25) is 0 Å². The number of carboxylic acids is 2. The number of benzene rings is 1. The zero-order valence-electron chi connectivity index (χ0n) is 12.5. The number of halogens is 2. The monoisotopic (exact) mass is 411 g/mol. The lowest BCUT2D eigenvalue weighted by Crippen LogP contribution is -2.20. The summed E-state index contributed by atoms with van der Waals surface area (Å²) in [7, 11) is 0. The summed E-state index contributed by atoms with van der Waals surface area (Å²) in [6, 6.07) is 3.86. The third-order valence-electron chi connectivity index (χ3n) is 2.36. The van der Waals surface area contributed by atoms with E-state index in [1.165, 1.54) is 0 Å². The maximum atomic E-state index is 9.10. The molecule has 0 atom stereocenters. The minimum atomic E-state index is -1.82. The Labute approximate surface area is 147 Å². The molecule has 1 aromatic carbocycles. The number of nitrogens with one attached hydrogen (secondary N) is 1. The normalized spacial score (nSPS) is 9.74. The number of aliphatic carboxylic acids is 2. The quantitative estimate of drug-likeness (QED) is 0.399. The summed E-state index contributed by atoms with van der Waals surface area (Å²) >= 11 is 9.53. The van der Waals surface area contributed by atoms with Gasteiger partial charge < -0.3 is 25.4 Å². The number of aliphatic hydroxyl groups is 1. The zero-order valence-corrected chi connectivity index (χ0v) is 14.9. The molecule has 7 nitrogen and oxygen atoms in total. The average molecular weight is 413 g/mol. The van der Waals surface area contributed by atoms with Crippen LogP contribution in [0.2, 0.25) is 5.02 Å². The molecule has 0 amide bonds. The van der Waals surface area contributed by atoms with Crippen molar-refractivity contribution in [1.29, 1.82) is 0 Å². The summed E-state index contributed by atoms with van der Waals surface area (Å²) in [6.07, 6.45) is 0.872. The van der Waals surface area contributed by atoms with Crippen LogP contribution >= 0.6 is 27.5 Å². The van der Waals surface area contributed by atoms with Crippen molar-refractivity contribution in [3.63, 3.8) is 0 Å². The lowest BCUT2D eigenvalue weighted by atomic mass is 10.2. The van der Waals surface area contributed by atoms with E-state index in [1.807, 2.05) is 19.1 Å². The highest BCUT2D eigenvalue weighted by molar-refractivity contribution is 9.10. The van der Waals surface area contributed by atoms with Crippen LogP contribution in [0.3, 0.4) is 0 Å². The second kappa shape index (κ2) is 12.1. The van der Waals surface area contributed by atoms with E-state index in [-0.39, 0.29) is 6.61 Å². The van der Waals surface area contributed by atoms with Crippen LogP contribution in [0.4, 0.5) is 0 Å². The summed E-state index contributed by atoms with van der Waals surface area (Å²) in [5, 5.41) is 27.1. The highest BCUT2D eigenvalue weighted by Crippen LogP contribution is 2.34. The van der Waals surface area contributed by atoms with Crippen molar-refractivity contribution in [3.05, 3.63) is 27.2 Å². The number of carboxylic acid groups (broad SMARTS) is 2. The Hall–Kier alpha value is -1.35. The molecule has 0 saturated carbocycles. The van der Waals surface area contributed by atoms with Crippen molar-refractivity contribution in [2.45, 2.75) is 13.3 Å². The van der Waals surface area contributed by atoms with Gasteiger partial charge in [0.15, 0.2) is 5.75 Å². The Morgan fingerprint density at radius 3 is 2.35 bits per heavy atom. The van der Waals surface area contributed by atoms with Gasteiger partial charge in [-0.05, 0) is 53.5 Å². The van der Waals surface area contributed by atoms with Crippen LogP contribution in [0.25, 0.3) is 0 Å². The smallest absolute Gasteiger partial charge is 0.414 e. The summed E-state index contributed by atoms with van der Waals surface area (Å²) in [6.45, 7) is 4.19. The van der Waals surface area contributed by atoms with Crippen LogP contribution in [-0.4, -0.2) is 53.6 Å². The van der Waals surface area contributed by atoms with Gasteiger partial charge in [-0.2, -0.15) is 0 Å². The molecule has 0 aliphatic carbocycles. The first-order valence-electron chi connectivity index (χ1n) is 6.65. The summed E-state index contributed by atoms with van der Waals surface area (Å²) in [4.78, 5) is 18.2. The van der Waals surface area contributed by atoms with E-state index < -0.39 is 11.9 Å². The Morgan fingerprint density at radius 1 is 1.26 bits per heavy atom. The summed E-state index contributed by atoms with van der Waals surface area (Å²) < 4.78 is 6.50. The molecule has 0 saturated heterocycles. The van der Waals surface area contributed by atoms with E-state index in [9.17, 15) is 0 Å². The van der Waals surface area contributed by atoms with Gasteiger partial charge in [0.1, 0.15) is 0 Å². The zero-order chi connectivity index (χ0) is 17.8. The van der Waals surface area contributed by atoms with Crippen molar-refractivity contribution in [1.82, 2.24) is 5.32 Å². The highest BCUT2D eigenvalue weighted by Gasteiger charge is 2.07. The number of ether oxygens (including phenoxy) is 1. The maximum Gasteiger partial charge on any atom is 0.414 e. The Bertz CT molecular complexity index is 491. The van der Waals surface area contributed by atoms with Gasteiger partial charge in [-0.3, -0.25) is 0 Å². The molecule has 4 N–H and O–H groups in total. The summed E-state index contributed by atoms with van der Waals surface area (Å²) in [5.41, 5.74) is 1.10. The number of hydrogen-bond donors (Lipinski definition) is 4. The van der Waals surface area contributed by atoms with Crippen LogP contribution in [0.1, 0.15) is 12.0 Å². The Morgan fingerprint density at radius 2 is 1.87 bits per heavy atom. The van der Waals surface area contributed by atoms with Gasteiger partial charge in [0, 0.05) is 6.54 Å². The Kier molecular flexibility index (Phi) is 11.4. The Balaban J connectivity index is 0.000000688. The molecule has 0 radical (unpaired) electrons. The van der Waals surface area contributed by atoms with E-state index in [0.717, 1.165) is 23.0 Å². The molecule has 0 aliphatic heterocycles. The van der Waals surface area contributed by atoms with E-state index >= 15 is 0 Å². The minimum absolute atomic E-state index is 0.163. The predicted molar refractivity (Wildman–Crippen MR) is 89.2 cm³/mol. The lowest BCUT2D eigenvalue weighted by Gasteiger charge is -2.11. The molecule has 1 rings (SSSR count). The first-order chi connectivity index (χ1) is 10.8. The van der Waals surface area contributed by atoms with E-state index in [0.29, 0.717) is 23.9 Å². The molecule has 0 aliphatic rings. The fraction of sp³-hybridized carbons (Fsp3) is 0.429. The topological polar surface area (TPSA) is 116 Å². The first kappa shape index (κ1) is 21.6. The van der Waals surface area contributed by atoms with Crippen LogP contribution in [0.15, 0.2) is 16.6 Å². The van der Waals surface area contributed by atoms with Gasteiger partial charge >= 0.3 is 11.9 Å². The molecule has 0 spiro atoms. The minimum Gasteiger partial charge on any atom is -0.491 e. The molecule has 0 aromatic heterocycles. The van der Waals surface area contributed by atoms with Crippen molar-refractivity contribution in [2.24, 2.45) is 0 Å². The molecular weight excluding hydrogens is 394 g/mol. The molecule has 0 fully saturated rings.